The topological polar surface area (TPSA) is 77.0 Å². The van der Waals surface area contributed by atoms with Gasteiger partial charge in [-0.05, 0) is 11.6 Å². The molecule has 0 unspecified atom stereocenters. The first-order valence-corrected chi connectivity index (χ1v) is 8.40. The molecule has 1 N–H and O–H groups in total. The summed E-state index contributed by atoms with van der Waals surface area (Å²) in [6.07, 6.45) is 5.06. The lowest BCUT2D eigenvalue weighted by molar-refractivity contribution is -0.127. The van der Waals surface area contributed by atoms with E-state index in [1.165, 1.54) is 11.3 Å². The SMILES string of the molecule is O=C(NCc1csc(-c2cnccn2)n1)[C@@H]1Cc2ccccc2O1. The second kappa shape index (κ2) is 6.37. The molecule has 0 radical (unpaired) electrons. The summed E-state index contributed by atoms with van der Waals surface area (Å²) in [5.41, 5.74) is 2.59. The zero-order valence-electron chi connectivity index (χ0n) is 12.7. The highest BCUT2D eigenvalue weighted by atomic mass is 32.1. The summed E-state index contributed by atoms with van der Waals surface area (Å²) in [6.45, 7) is 0.367. The van der Waals surface area contributed by atoms with Gasteiger partial charge in [0.1, 0.15) is 16.5 Å². The molecule has 1 aliphatic rings. The molecule has 2 aromatic heterocycles. The summed E-state index contributed by atoms with van der Waals surface area (Å²) in [4.78, 5) is 25.0. The van der Waals surface area contributed by atoms with Gasteiger partial charge in [-0.15, -0.1) is 11.3 Å². The summed E-state index contributed by atoms with van der Waals surface area (Å²) in [5, 5.41) is 5.58. The van der Waals surface area contributed by atoms with Crippen molar-refractivity contribution in [1.29, 1.82) is 0 Å². The third-order valence-electron chi connectivity index (χ3n) is 3.72. The van der Waals surface area contributed by atoms with Crippen LogP contribution in [0.25, 0.3) is 10.7 Å². The molecule has 3 heterocycles. The molecule has 0 spiro atoms. The minimum Gasteiger partial charge on any atom is -0.480 e. The van der Waals surface area contributed by atoms with Crippen molar-refractivity contribution in [3.05, 3.63) is 59.5 Å². The first-order valence-electron chi connectivity index (χ1n) is 7.52. The summed E-state index contributed by atoms with van der Waals surface area (Å²) >= 11 is 1.48. The van der Waals surface area contributed by atoms with E-state index in [0.29, 0.717) is 13.0 Å². The quantitative estimate of drug-likeness (QED) is 0.789. The van der Waals surface area contributed by atoms with Crippen LogP contribution < -0.4 is 10.1 Å². The lowest BCUT2D eigenvalue weighted by Crippen LogP contribution is -2.37. The number of carbonyl (C=O) groups excluding carboxylic acids is 1. The van der Waals surface area contributed by atoms with Gasteiger partial charge in [-0.1, -0.05) is 18.2 Å². The molecule has 24 heavy (non-hydrogen) atoms. The fourth-order valence-corrected chi connectivity index (χ4v) is 3.31. The van der Waals surface area contributed by atoms with Crippen LogP contribution in [0, 0.1) is 0 Å². The maximum Gasteiger partial charge on any atom is 0.261 e. The van der Waals surface area contributed by atoms with Crippen molar-refractivity contribution in [2.45, 2.75) is 19.1 Å². The molecule has 0 fully saturated rings. The second-order valence-corrected chi connectivity index (χ2v) is 6.23. The average Bonchev–Trinajstić information content (AvgIpc) is 3.27. The van der Waals surface area contributed by atoms with Gasteiger partial charge in [0, 0.05) is 24.2 Å². The Morgan fingerprint density at radius 2 is 2.25 bits per heavy atom. The number of carbonyl (C=O) groups is 1. The predicted octanol–water partition coefficient (Wildman–Crippen LogP) is 2.22. The molecule has 7 heteroatoms. The van der Waals surface area contributed by atoms with Crippen molar-refractivity contribution in [2.24, 2.45) is 0 Å². The molecule has 4 rings (SSSR count). The fraction of sp³-hybridized carbons (Fsp3) is 0.176. The number of thiazole rings is 1. The molecule has 0 bridgehead atoms. The number of benzene rings is 1. The molecular weight excluding hydrogens is 324 g/mol. The van der Waals surface area contributed by atoms with Crippen LogP contribution in [0.2, 0.25) is 0 Å². The molecule has 1 aliphatic heterocycles. The van der Waals surface area contributed by atoms with Crippen molar-refractivity contribution in [3.63, 3.8) is 0 Å². The minimum absolute atomic E-state index is 0.125. The standard InChI is InChI=1S/C17H14N4O2S/c22-16(15-7-11-3-1-2-4-14(11)23-15)20-8-12-10-24-17(21-12)13-9-18-5-6-19-13/h1-6,9-10,15H,7-8H2,(H,20,22)/t15-/m0/s1. The maximum absolute atomic E-state index is 12.3. The zero-order chi connectivity index (χ0) is 16.4. The Bertz CT molecular complexity index is 841. The monoisotopic (exact) mass is 338 g/mol. The van der Waals surface area contributed by atoms with E-state index in [1.54, 1.807) is 18.6 Å². The number of fused-ring (bicyclic) bond motifs is 1. The van der Waals surface area contributed by atoms with Crippen molar-refractivity contribution < 1.29 is 9.53 Å². The summed E-state index contributed by atoms with van der Waals surface area (Å²) in [5.74, 6) is 0.663. The van der Waals surface area contributed by atoms with Crippen LogP contribution in [0.1, 0.15) is 11.3 Å². The van der Waals surface area contributed by atoms with Crippen LogP contribution in [0.5, 0.6) is 5.75 Å². The second-order valence-electron chi connectivity index (χ2n) is 5.37. The van der Waals surface area contributed by atoms with E-state index in [2.05, 4.69) is 20.3 Å². The van der Waals surface area contributed by atoms with Crippen molar-refractivity contribution >= 4 is 17.2 Å². The zero-order valence-corrected chi connectivity index (χ0v) is 13.5. The summed E-state index contributed by atoms with van der Waals surface area (Å²) < 4.78 is 5.68. The lowest BCUT2D eigenvalue weighted by atomic mass is 10.1. The number of nitrogens with one attached hydrogen (secondary N) is 1. The Kier molecular flexibility index (Phi) is 3.92. The van der Waals surface area contributed by atoms with Crippen molar-refractivity contribution in [3.8, 4) is 16.5 Å². The number of rotatable bonds is 4. The maximum atomic E-state index is 12.3. The molecule has 3 aromatic rings. The normalized spacial score (nSPS) is 15.6. The van der Waals surface area contributed by atoms with Crippen LogP contribution in [-0.4, -0.2) is 27.0 Å². The third-order valence-corrected chi connectivity index (χ3v) is 4.63. The number of para-hydroxylation sites is 1. The van der Waals surface area contributed by atoms with Gasteiger partial charge >= 0.3 is 0 Å². The molecular formula is C17H14N4O2S. The van der Waals surface area contributed by atoms with Crippen molar-refractivity contribution in [1.82, 2.24) is 20.3 Å². The molecule has 1 atom stereocenters. The smallest absolute Gasteiger partial charge is 0.261 e. The highest BCUT2D eigenvalue weighted by Gasteiger charge is 2.28. The van der Waals surface area contributed by atoms with E-state index in [9.17, 15) is 4.79 Å². The van der Waals surface area contributed by atoms with Crippen LogP contribution >= 0.6 is 11.3 Å². The van der Waals surface area contributed by atoms with Gasteiger partial charge < -0.3 is 10.1 Å². The van der Waals surface area contributed by atoms with Crippen molar-refractivity contribution in [2.75, 3.05) is 0 Å². The molecule has 6 nitrogen and oxygen atoms in total. The predicted molar refractivity (Wildman–Crippen MR) is 89.5 cm³/mol. The van der Waals surface area contributed by atoms with Gasteiger partial charge in [0.15, 0.2) is 6.10 Å². The minimum atomic E-state index is -0.472. The van der Waals surface area contributed by atoms with E-state index < -0.39 is 6.10 Å². The Hall–Kier alpha value is -2.80. The molecule has 1 amide bonds. The van der Waals surface area contributed by atoms with E-state index in [4.69, 9.17) is 4.74 Å². The molecule has 0 saturated heterocycles. The summed E-state index contributed by atoms with van der Waals surface area (Å²) in [7, 11) is 0. The van der Waals surface area contributed by atoms with Gasteiger partial charge in [-0.2, -0.15) is 0 Å². The van der Waals surface area contributed by atoms with Gasteiger partial charge in [0.2, 0.25) is 0 Å². The van der Waals surface area contributed by atoms with Gasteiger partial charge in [-0.25, -0.2) is 4.98 Å². The number of aromatic nitrogens is 3. The number of hydrogen-bond donors (Lipinski definition) is 1. The van der Waals surface area contributed by atoms with Gasteiger partial charge in [0.25, 0.3) is 5.91 Å². The Labute approximate surface area is 142 Å². The Morgan fingerprint density at radius 3 is 3.08 bits per heavy atom. The third kappa shape index (κ3) is 2.98. The van der Waals surface area contributed by atoms with Crippen LogP contribution in [0.4, 0.5) is 0 Å². The first kappa shape index (κ1) is 14.8. The number of amides is 1. The largest absolute Gasteiger partial charge is 0.480 e. The molecule has 0 aliphatic carbocycles. The number of ether oxygens (including phenoxy) is 1. The fourth-order valence-electron chi connectivity index (χ4n) is 2.54. The van der Waals surface area contributed by atoms with Crippen LogP contribution in [0.3, 0.4) is 0 Å². The molecule has 120 valence electrons. The van der Waals surface area contributed by atoms with E-state index in [1.807, 2.05) is 29.6 Å². The first-order chi connectivity index (χ1) is 11.8. The highest BCUT2D eigenvalue weighted by molar-refractivity contribution is 7.13. The molecule has 1 aromatic carbocycles. The van der Waals surface area contributed by atoms with E-state index >= 15 is 0 Å². The average molecular weight is 338 g/mol. The number of nitrogens with zero attached hydrogens (tertiary/aromatic N) is 3. The van der Waals surface area contributed by atoms with Crippen LogP contribution in [0.15, 0.2) is 48.2 Å². The van der Waals surface area contributed by atoms with E-state index in [0.717, 1.165) is 27.7 Å². The Morgan fingerprint density at radius 1 is 1.33 bits per heavy atom. The highest BCUT2D eigenvalue weighted by Crippen LogP contribution is 2.28. The summed E-state index contributed by atoms with van der Waals surface area (Å²) in [6, 6.07) is 7.72. The van der Waals surface area contributed by atoms with E-state index in [-0.39, 0.29) is 5.91 Å². The molecule has 0 saturated carbocycles. The van der Waals surface area contributed by atoms with Gasteiger partial charge in [0.05, 0.1) is 18.4 Å². The van der Waals surface area contributed by atoms with Crippen LogP contribution in [-0.2, 0) is 17.8 Å². The lowest BCUT2D eigenvalue weighted by Gasteiger charge is -2.10. The Balaban J connectivity index is 1.36. The van der Waals surface area contributed by atoms with Gasteiger partial charge in [-0.3, -0.25) is 14.8 Å². The number of hydrogen-bond acceptors (Lipinski definition) is 6.